The summed E-state index contributed by atoms with van der Waals surface area (Å²) in [5, 5.41) is 2.86. The summed E-state index contributed by atoms with van der Waals surface area (Å²) in [4.78, 5) is 40.4. The van der Waals surface area contributed by atoms with Crippen LogP contribution >= 0.6 is 0 Å². The highest BCUT2D eigenvalue weighted by molar-refractivity contribution is 6.44. The first-order valence-corrected chi connectivity index (χ1v) is 5.32. The van der Waals surface area contributed by atoms with Crippen molar-refractivity contribution in [3.63, 3.8) is 0 Å². The molecule has 0 atom stereocenters. The van der Waals surface area contributed by atoms with Gasteiger partial charge in [0.2, 0.25) is 0 Å². The zero-order valence-corrected chi connectivity index (χ0v) is 10.0. The van der Waals surface area contributed by atoms with Crippen LogP contribution < -0.4 is 5.32 Å². The molecule has 1 aromatic heterocycles. The van der Waals surface area contributed by atoms with E-state index in [0.29, 0.717) is 11.5 Å². The minimum atomic E-state index is -0.820. The topological polar surface area (TPSA) is 82.6 Å². The molecule has 1 N–H and O–H groups in total. The highest BCUT2D eigenvalue weighted by Gasteiger charge is 2.42. The van der Waals surface area contributed by atoms with Crippen LogP contribution in [0.15, 0.2) is 18.2 Å². The molecule has 2 heterocycles. The monoisotopic (exact) mass is 248 g/mol. The van der Waals surface area contributed by atoms with Crippen LogP contribution in [0.3, 0.4) is 0 Å². The Morgan fingerprint density at radius 3 is 2.50 bits per heavy atom. The van der Waals surface area contributed by atoms with Gasteiger partial charge in [0.05, 0.1) is 12.2 Å². The fourth-order valence-electron chi connectivity index (χ4n) is 1.62. The van der Waals surface area contributed by atoms with Crippen molar-refractivity contribution in [2.45, 2.75) is 6.54 Å². The average Bonchev–Trinajstić information content (AvgIpc) is 2.57. The van der Waals surface area contributed by atoms with Crippen molar-refractivity contribution in [3.8, 4) is 0 Å². The number of amides is 4. The first-order chi connectivity index (χ1) is 8.54. The highest BCUT2D eigenvalue weighted by Crippen LogP contribution is 2.14. The second-order valence-corrected chi connectivity index (χ2v) is 3.80. The van der Waals surface area contributed by atoms with Gasteiger partial charge in [-0.25, -0.2) is 14.7 Å². The molecule has 7 heteroatoms. The predicted octanol–water partition coefficient (Wildman–Crippen LogP) is 0.0439. The van der Waals surface area contributed by atoms with Crippen LogP contribution in [0.2, 0.25) is 0 Å². The lowest BCUT2D eigenvalue weighted by molar-refractivity contribution is -0.143. The maximum atomic E-state index is 11.7. The number of nitrogens with one attached hydrogen (secondary N) is 1. The molecule has 0 radical (unpaired) electrons. The standard InChI is InChI=1S/C11H12N4O3/c1-12-8-5-3-4-7(13-8)6-15-10(17)9(16)14(2)11(15)18/h3-5H,6H2,1-2H3,(H,12,13). The molecule has 1 saturated heterocycles. The third kappa shape index (κ3) is 1.90. The van der Waals surface area contributed by atoms with Crippen molar-refractivity contribution in [2.75, 3.05) is 19.4 Å². The molecule has 1 aliphatic rings. The molecule has 2 rings (SSSR count). The summed E-state index contributed by atoms with van der Waals surface area (Å²) in [6.07, 6.45) is 0. The van der Waals surface area contributed by atoms with Crippen LogP contribution in [0, 0.1) is 0 Å². The van der Waals surface area contributed by atoms with E-state index in [-0.39, 0.29) is 6.54 Å². The molecule has 18 heavy (non-hydrogen) atoms. The zero-order chi connectivity index (χ0) is 13.3. The Labute approximate surface area is 103 Å². The number of urea groups is 1. The van der Waals surface area contributed by atoms with Gasteiger partial charge in [0.15, 0.2) is 0 Å². The Morgan fingerprint density at radius 2 is 1.94 bits per heavy atom. The van der Waals surface area contributed by atoms with Crippen molar-refractivity contribution < 1.29 is 14.4 Å². The van der Waals surface area contributed by atoms with Gasteiger partial charge in [0, 0.05) is 14.1 Å². The van der Waals surface area contributed by atoms with E-state index in [4.69, 9.17) is 0 Å². The van der Waals surface area contributed by atoms with E-state index in [9.17, 15) is 14.4 Å². The maximum Gasteiger partial charge on any atom is 0.334 e. The smallest absolute Gasteiger partial charge is 0.334 e. The zero-order valence-electron chi connectivity index (χ0n) is 10.0. The summed E-state index contributed by atoms with van der Waals surface area (Å²) >= 11 is 0. The van der Waals surface area contributed by atoms with E-state index in [1.165, 1.54) is 7.05 Å². The lowest BCUT2D eigenvalue weighted by Gasteiger charge is -2.12. The van der Waals surface area contributed by atoms with Crippen molar-refractivity contribution in [2.24, 2.45) is 0 Å². The summed E-state index contributed by atoms with van der Waals surface area (Å²) in [5.74, 6) is -1.00. The van der Waals surface area contributed by atoms with E-state index in [2.05, 4.69) is 10.3 Å². The van der Waals surface area contributed by atoms with Crippen LogP contribution in [-0.4, -0.2) is 46.7 Å². The van der Waals surface area contributed by atoms with Crippen LogP contribution in [-0.2, 0) is 16.1 Å². The van der Waals surface area contributed by atoms with Crippen molar-refractivity contribution in [1.29, 1.82) is 0 Å². The largest absolute Gasteiger partial charge is 0.373 e. The molecule has 0 unspecified atom stereocenters. The lowest BCUT2D eigenvalue weighted by Crippen LogP contribution is -2.31. The SMILES string of the molecule is CNc1cccc(CN2C(=O)C(=O)N(C)C2=O)n1. The summed E-state index contributed by atoms with van der Waals surface area (Å²) in [6.45, 7) is -0.0106. The number of carbonyl (C=O) groups is 3. The number of aromatic nitrogens is 1. The number of likely N-dealkylation sites (N-methyl/N-ethyl adjacent to an activating group) is 1. The number of pyridine rings is 1. The molecule has 1 aliphatic heterocycles. The summed E-state index contributed by atoms with van der Waals surface area (Å²) in [7, 11) is 3.00. The molecule has 94 valence electrons. The van der Waals surface area contributed by atoms with E-state index in [0.717, 1.165) is 9.80 Å². The molecule has 1 aromatic rings. The van der Waals surface area contributed by atoms with Crippen LogP contribution in [0.25, 0.3) is 0 Å². The first-order valence-electron chi connectivity index (χ1n) is 5.32. The molecule has 1 fully saturated rings. The number of rotatable bonds is 3. The Bertz CT molecular complexity index is 529. The number of hydrogen-bond donors (Lipinski definition) is 1. The molecule has 4 amide bonds. The number of hydrogen-bond acceptors (Lipinski definition) is 5. The molecular weight excluding hydrogens is 236 g/mol. The summed E-state index contributed by atoms with van der Waals surface area (Å²) in [6, 6.07) is 4.57. The van der Waals surface area contributed by atoms with Crippen LogP contribution in [0.4, 0.5) is 10.6 Å². The normalized spacial score (nSPS) is 15.6. The molecule has 0 saturated carbocycles. The predicted molar refractivity (Wildman–Crippen MR) is 62.5 cm³/mol. The quantitative estimate of drug-likeness (QED) is 0.603. The molecule has 0 bridgehead atoms. The molecule has 0 spiro atoms. The van der Waals surface area contributed by atoms with Gasteiger partial charge in [0.1, 0.15) is 5.82 Å². The minimum Gasteiger partial charge on any atom is -0.373 e. The van der Waals surface area contributed by atoms with E-state index in [1.54, 1.807) is 25.2 Å². The van der Waals surface area contributed by atoms with Gasteiger partial charge < -0.3 is 5.32 Å². The lowest BCUT2D eigenvalue weighted by atomic mass is 10.3. The highest BCUT2D eigenvalue weighted by atomic mass is 16.2. The van der Waals surface area contributed by atoms with Crippen molar-refractivity contribution in [1.82, 2.24) is 14.8 Å². The Kier molecular flexibility index (Phi) is 2.97. The second kappa shape index (κ2) is 4.44. The molecule has 0 aromatic carbocycles. The number of nitrogens with zero attached hydrogens (tertiary/aromatic N) is 3. The van der Waals surface area contributed by atoms with Crippen LogP contribution in [0.1, 0.15) is 5.69 Å². The van der Waals surface area contributed by atoms with Crippen molar-refractivity contribution in [3.05, 3.63) is 23.9 Å². The van der Waals surface area contributed by atoms with Gasteiger partial charge in [-0.3, -0.25) is 14.5 Å². The molecule has 7 nitrogen and oxygen atoms in total. The molecular formula is C11H12N4O3. The van der Waals surface area contributed by atoms with Gasteiger partial charge in [0.25, 0.3) is 0 Å². The average molecular weight is 248 g/mol. The minimum absolute atomic E-state index is 0.0106. The summed E-state index contributed by atoms with van der Waals surface area (Å²) in [5.41, 5.74) is 0.534. The van der Waals surface area contributed by atoms with Gasteiger partial charge in [-0.2, -0.15) is 0 Å². The third-order valence-corrected chi connectivity index (χ3v) is 2.63. The van der Waals surface area contributed by atoms with Crippen molar-refractivity contribution >= 4 is 23.7 Å². The van der Waals surface area contributed by atoms with Crippen LogP contribution in [0.5, 0.6) is 0 Å². The molecule has 0 aliphatic carbocycles. The fraction of sp³-hybridized carbons (Fsp3) is 0.273. The second-order valence-electron chi connectivity index (χ2n) is 3.80. The van der Waals surface area contributed by atoms with Gasteiger partial charge in [-0.1, -0.05) is 6.07 Å². The number of anilines is 1. The number of imide groups is 2. The number of carbonyl (C=O) groups excluding carboxylic acids is 3. The fourth-order valence-corrected chi connectivity index (χ4v) is 1.62. The summed E-state index contributed by atoms with van der Waals surface area (Å²) < 4.78 is 0. The van der Waals surface area contributed by atoms with Gasteiger partial charge >= 0.3 is 17.8 Å². The van der Waals surface area contributed by atoms with E-state index < -0.39 is 17.8 Å². The maximum absolute atomic E-state index is 11.7. The van der Waals surface area contributed by atoms with Gasteiger partial charge in [-0.05, 0) is 12.1 Å². The van der Waals surface area contributed by atoms with Gasteiger partial charge in [-0.15, -0.1) is 0 Å². The Morgan fingerprint density at radius 1 is 1.22 bits per heavy atom. The Balaban J connectivity index is 2.21. The van der Waals surface area contributed by atoms with E-state index >= 15 is 0 Å². The third-order valence-electron chi connectivity index (χ3n) is 2.63. The Hall–Kier alpha value is -2.44. The van der Waals surface area contributed by atoms with E-state index in [1.807, 2.05) is 0 Å². The first kappa shape index (κ1) is 12.0.